The van der Waals surface area contributed by atoms with Gasteiger partial charge in [-0.25, -0.2) is 0 Å². The average molecular weight is 214 g/mol. The summed E-state index contributed by atoms with van der Waals surface area (Å²) in [4.78, 5) is 0. The van der Waals surface area contributed by atoms with Crippen LogP contribution in [0.5, 0.6) is 0 Å². The van der Waals surface area contributed by atoms with Crippen LogP contribution < -0.4 is 0 Å². The van der Waals surface area contributed by atoms with Crippen LogP contribution in [0.3, 0.4) is 0 Å². The van der Waals surface area contributed by atoms with E-state index in [0.717, 1.165) is 12.8 Å². The van der Waals surface area contributed by atoms with Gasteiger partial charge in [-0.05, 0) is 18.8 Å². The van der Waals surface area contributed by atoms with Crippen molar-refractivity contribution in [3.63, 3.8) is 0 Å². The molecule has 0 bridgehead atoms. The lowest BCUT2D eigenvalue weighted by atomic mass is 9.90. The Morgan fingerprint density at radius 3 is 1.80 bits per heavy atom. The molecule has 0 aliphatic heterocycles. The van der Waals surface area contributed by atoms with Crippen LogP contribution in [0.1, 0.15) is 78.6 Å². The molecule has 0 aromatic carbocycles. The molecular weight excluding hydrogens is 184 g/mol. The molecule has 0 rings (SSSR count). The Morgan fingerprint density at radius 1 is 0.800 bits per heavy atom. The lowest BCUT2D eigenvalue weighted by Crippen LogP contribution is -2.19. The summed E-state index contributed by atoms with van der Waals surface area (Å²) in [5.41, 5.74) is 0. The Hall–Kier alpha value is -0.0400. The zero-order chi connectivity index (χ0) is 11.5. The number of aliphatic hydroxyl groups excluding tert-OH is 1. The third-order valence-electron chi connectivity index (χ3n) is 3.35. The van der Waals surface area contributed by atoms with Crippen molar-refractivity contribution in [2.24, 2.45) is 5.92 Å². The van der Waals surface area contributed by atoms with Crippen LogP contribution in [-0.2, 0) is 0 Å². The lowest BCUT2D eigenvalue weighted by Gasteiger charge is -2.21. The van der Waals surface area contributed by atoms with Crippen molar-refractivity contribution in [3.05, 3.63) is 0 Å². The molecule has 1 nitrogen and oxygen atoms in total. The number of hydrogen-bond acceptors (Lipinski definition) is 1. The fourth-order valence-corrected chi connectivity index (χ4v) is 2.16. The fraction of sp³-hybridized carbons (Fsp3) is 1.00. The van der Waals surface area contributed by atoms with Crippen LogP contribution in [-0.4, -0.2) is 11.2 Å². The van der Waals surface area contributed by atoms with E-state index in [0.29, 0.717) is 5.92 Å². The molecule has 1 heteroatoms. The summed E-state index contributed by atoms with van der Waals surface area (Å²) in [5, 5.41) is 10.0. The van der Waals surface area contributed by atoms with Gasteiger partial charge in [0.15, 0.2) is 0 Å². The van der Waals surface area contributed by atoms with Crippen LogP contribution in [0.15, 0.2) is 0 Å². The van der Waals surface area contributed by atoms with Crippen molar-refractivity contribution in [3.8, 4) is 0 Å². The standard InChI is InChI=1S/C14H30O/c1-4-7-9-11-13(6-3)14(15)12-10-8-5-2/h13-15H,4-12H2,1-3H3. The van der Waals surface area contributed by atoms with Gasteiger partial charge in [-0.1, -0.05) is 65.7 Å². The SMILES string of the molecule is CCCCCC(O)C(CC)CCCCC. The van der Waals surface area contributed by atoms with Gasteiger partial charge < -0.3 is 5.11 Å². The quantitative estimate of drug-likeness (QED) is 0.530. The van der Waals surface area contributed by atoms with Crippen molar-refractivity contribution in [1.82, 2.24) is 0 Å². The van der Waals surface area contributed by atoms with E-state index in [1.165, 1.54) is 44.9 Å². The maximum atomic E-state index is 10.0. The van der Waals surface area contributed by atoms with Gasteiger partial charge in [-0.2, -0.15) is 0 Å². The molecule has 0 radical (unpaired) electrons. The third kappa shape index (κ3) is 7.84. The highest BCUT2D eigenvalue weighted by Gasteiger charge is 2.15. The first-order valence-corrected chi connectivity index (χ1v) is 6.94. The van der Waals surface area contributed by atoms with Gasteiger partial charge in [0.1, 0.15) is 0 Å². The molecule has 0 aromatic rings. The number of unbranched alkanes of at least 4 members (excludes halogenated alkanes) is 4. The summed E-state index contributed by atoms with van der Waals surface area (Å²) in [6.07, 6.45) is 10.9. The van der Waals surface area contributed by atoms with E-state index >= 15 is 0 Å². The molecule has 0 saturated carbocycles. The van der Waals surface area contributed by atoms with Crippen molar-refractivity contribution in [2.45, 2.75) is 84.7 Å². The number of aliphatic hydroxyl groups is 1. The van der Waals surface area contributed by atoms with Crippen LogP contribution in [0.2, 0.25) is 0 Å². The minimum atomic E-state index is -0.0431. The van der Waals surface area contributed by atoms with Gasteiger partial charge >= 0.3 is 0 Å². The first-order chi connectivity index (χ1) is 7.26. The zero-order valence-electron chi connectivity index (χ0n) is 11.0. The van der Waals surface area contributed by atoms with E-state index < -0.39 is 0 Å². The first-order valence-electron chi connectivity index (χ1n) is 6.94. The molecule has 0 amide bonds. The summed E-state index contributed by atoms with van der Waals surface area (Å²) in [5.74, 6) is 0.549. The minimum Gasteiger partial charge on any atom is -0.393 e. The molecule has 15 heavy (non-hydrogen) atoms. The number of rotatable bonds is 10. The Morgan fingerprint density at radius 2 is 1.33 bits per heavy atom. The lowest BCUT2D eigenvalue weighted by molar-refractivity contribution is 0.0874. The van der Waals surface area contributed by atoms with E-state index in [9.17, 15) is 5.11 Å². The molecule has 0 aliphatic rings. The Bertz CT molecular complexity index is 123. The van der Waals surface area contributed by atoms with Crippen LogP contribution >= 0.6 is 0 Å². The van der Waals surface area contributed by atoms with Gasteiger partial charge in [0.2, 0.25) is 0 Å². The molecule has 0 aromatic heterocycles. The fourth-order valence-electron chi connectivity index (χ4n) is 2.16. The molecule has 2 atom stereocenters. The highest BCUT2D eigenvalue weighted by molar-refractivity contribution is 4.67. The van der Waals surface area contributed by atoms with E-state index in [-0.39, 0.29) is 6.10 Å². The van der Waals surface area contributed by atoms with Crippen molar-refractivity contribution in [1.29, 1.82) is 0 Å². The Labute approximate surface area is 96.3 Å². The smallest absolute Gasteiger partial charge is 0.0568 e. The van der Waals surface area contributed by atoms with Crippen LogP contribution in [0.4, 0.5) is 0 Å². The zero-order valence-corrected chi connectivity index (χ0v) is 11.0. The highest BCUT2D eigenvalue weighted by Crippen LogP contribution is 2.21. The van der Waals surface area contributed by atoms with Gasteiger partial charge in [0, 0.05) is 0 Å². The molecule has 0 fully saturated rings. The van der Waals surface area contributed by atoms with Gasteiger partial charge in [-0.15, -0.1) is 0 Å². The normalized spacial score (nSPS) is 15.2. The second-order valence-corrected chi connectivity index (χ2v) is 4.73. The largest absolute Gasteiger partial charge is 0.393 e. The van der Waals surface area contributed by atoms with Gasteiger partial charge in [-0.3, -0.25) is 0 Å². The summed E-state index contributed by atoms with van der Waals surface area (Å²) >= 11 is 0. The summed E-state index contributed by atoms with van der Waals surface area (Å²) in [6, 6.07) is 0. The maximum absolute atomic E-state index is 10.0. The first kappa shape index (κ1) is 15.0. The highest BCUT2D eigenvalue weighted by atomic mass is 16.3. The summed E-state index contributed by atoms with van der Waals surface area (Å²) in [6.45, 7) is 6.66. The molecular formula is C14H30O. The monoisotopic (exact) mass is 214 g/mol. The Kier molecular flexibility index (Phi) is 10.4. The van der Waals surface area contributed by atoms with E-state index in [4.69, 9.17) is 0 Å². The molecule has 0 aliphatic carbocycles. The van der Waals surface area contributed by atoms with E-state index in [2.05, 4.69) is 20.8 Å². The van der Waals surface area contributed by atoms with Crippen LogP contribution in [0.25, 0.3) is 0 Å². The maximum Gasteiger partial charge on any atom is 0.0568 e. The second-order valence-electron chi connectivity index (χ2n) is 4.73. The molecule has 92 valence electrons. The summed E-state index contributed by atoms with van der Waals surface area (Å²) < 4.78 is 0. The third-order valence-corrected chi connectivity index (χ3v) is 3.35. The summed E-state index contributed by atoms with van der Waals surface area (Å²) in [7, 11) is 0. The topological polar surface area (TPSA) is 20.2 Å². The van der Waals surface area contributed by atoms with Crippen molar-refractivity contribution >= 4 is 0 Å². The van der Waals surface area contributed by atoms with Crippen LogP contribution in [0, 0.1) is 5.92 Å². The van der Waals surface area contributed by atoms with E-state index in [1.54, 1.807) is 0 Å². The van der Waals surface area contributed by atoms with E-state index in [1.807, 2.05) is 0 Å². The Balaban J connectivity index is 3.62. The average Bonchev–Trinajstić information content (AvgIpc) is 2.24. The molecule has 0 heterocycles. The second kappa shape index (κ2) is 10.5. The molecule has 1 N–H and O–H groups in total. The van der Waals surface area contributed by atoms with Crippen molar-refractivity contribution < 1.29 is 5.11 Å². The molecule has 0 saturated heterocycles. The van der Waals surface area contributed by atoms with Crippen molar-refractivity contribution in [2.75, 3.05) is 0 Å². The number of hydrogen-bond donors (Lipinski definition) is 1. The predicted octanol–water partition coefficient (Wildman–Crippen LogP) is 4.53. The predicted molar refractivity (Wildman–Crippen MR) is 68.1 cm³/mol. The molecule has 0 spiro atoms. The van der Waals surface area contributed by atoms with Gasteiger partial charge in [0.05, 0.1) is 6.10 Å². The molecule has 2 unspecified atom stereocenters. The van der Waals surface area contributed by atoms with Gasteiger partial charge in [0.25, 0.3) is 0 Å². The minimum absolute atomic E-state index is 0.0431.